The van der Waals surface area contributed by atoms with Crippen molar-refractivity contribution in [2.45, 2.75) is 13.0 Å². The molecule has 0 radical (unpaired) electrons. The van der Waals surface area contributed by atoms with Crippen molar-refractivity contribution in [3.8, 4) is 11.5 Å². The number of benzene rings is 1. The Balaban J connectivity index is 1.57. The van der Waals surface area contributed by atoms with Crippen molar-refractivity contribution in [2.24, 2.45) is 0 Å². The van der Waals surface area contributed by atoms with E-state index in [1.807, 2.05) is 0 Å². The molecular weight excluding hydrogens is 332 g/mol. The maximum Gasteiger partial charge on any atom is 0.161 e. The predicted molar refractivity (Wildman–Crippen MR) is 99.4 cm³/mol. The highest BCUT2D eigenvalue weighted by molar-refractivity contribution is 5.54. The van der Waals surface area contributed by atoms with Crippen LogP contribution in [0.15, 0.2) is 24.5 Å². The Hall–Kier alpha value is -2.54. The van der Waals surface area contributed by atoms with Crippen LogP contribution in [0.2, 0.25) is 0 Å². The van der Waals surface area contributed by atoms with Gasteiger partial charge in [0.2, 0.25) is 0 Å². The predicted octanol–water partition coefficient (Wildman–Crippen LogP) is 1.89. The molecule has 138 valence electrons. The van der Waals surface area contributed by atoms with Gasteiger partial charge in [0.05, 0.1) is 27.4 Å². The highest BCUT2D eigenvalue weighted by Gasteiger charge is 2.21. The summed E-state index contributed by atoms with van der Waals surface area (Å²) in [5.41, 5.74) is 2.56. The molecule has 0 bridgehead atoms. The van der Waals surface area contributed by atoms with E-state index < -0.39 is 0 Å². The molecule has 0 aliphatic carbocycles. The van der Waals surface area contributed by atoms with Crippen LogP contribution in [0.1, 0.15) is 11.1 Å². The van der Waals surface area contributed by atoms with Crippen LogP contribution >= 0.6 is 0 Å². The molecule has 7 nitrogen and oxygen atoms in total. The Bertz CT molecular complexity index is 777. The molecule has 0 amide bonds. The second-order valence-electron chi connectivity index (χ2n) is 6.48. The lowest BCUT2D eigenvalue weighted by Crippen LogP contribution is -2.37. The van der Waals surface area contributed by atoms with Crippen LogP contribution in [0, 0.1) is 0 Å². The van der Waals surface area contributed by atoms with Crippen molar-refractivity contribution in [3.05, 3.63) is 35.7 Å². The lowest BCUT2D eigenvalue weighted by molar-refractivity contribution is 0.122. The van der Waals surface area contributed by atoms with Gasteiger partial charge in [0.15, 0.2) is 11.5 Å². The molecule has 0 spiro atoms. The van der Waals surface area contributed by atoms with Gasteiger partial charge in [-0.25, -0.2) is 9.97 Å². The lowest BCUT2D eigenvalue weighted by atomic mass is 9.99. The van der Waals surface area contributed by atoms with E-state index in [-0.39, 0.29) is 0 Å². The number of hydrogen-bond donors (Lipinski definition) is 0. The normalized spacial score (nSPS) is 17.0. The van der Waals surface area contributed by atoms with Crippen LogP contribution < -0.4 is 19.3 Å². The molecule has 0 saturated carbocycles. The Morgan fingerprint density at radius 2 is 1.50 bits per heavy atom. The Morgan fingerprint density at radius 3 is 2.19 bits per heavy atom. The van der Waals surface area contributed by atoms with E-state index in [2.05, 4.69) is 38.0 Å². The van der Waals surface area contributed by atoms with Crippen molar-refractivity contribution in [3.63, 3.8) is 0 Å². The topological polar surface area (TPSA) is 60.0 Å². The highest BCUT2D eigenvalue weighted by atomic mass is 16.5. The number of aromatic nitrogens is 2. The van der Waals surface area contributed by atoms with Gasteiger partial charge in [0, 0.05) is 32.2 Å². The van der Waals surface area contributed by atoms with Gasteiger partial charge in [0.25, 0.3) is 0 Å². The first-order valence-electron chi connectivity index (χ1n) is 8.92. The maximum atomic E-state index is 5.45. The summed E-state index contributed by atoms with van der Waals surface area (Å²) in [7, 11) is 3.34. The van der Waals surface area contributed by atoms with Crippen molar-refractivity contribution >= 4 is 11.6 Å². The first-order valence-corrected chi connectivity index (χ1v) is 8.92. The van der Waals surface area contributed by atoms with Crippen LogP contribution in [0.4, 0.5) is 11.6 Å². The Morgan fingerprint density at radius 1 is 0.846 bits per heavy atom. The fourth-order valence-electron chi connectivity index (χ4n) is 3.55. The molecule has 0 atom stereocenters. The monoisotopic (exact) mass is 356 g/mol. The summed E-state index contributed by atoms with van der Waals surface area (Å²) in [5.74, 6) is 3.49. The van der Waals surface area contributed by atoms with E-state index in [1.54, 1.807) is 20.5 Å². The third-order valence-electron chi connectivity index (χ3n) is 5.02. The van der Waals surface area contributed by atoms with E-state index in [4.69, 9.17) is 14.2 Å². The summed E-state index contributed by atoms with van der Waals surface area (Å²) < 4.78 is 16.3. The summed E-state index contributed by atoms with van der Waals surface area (Å²) in [6.45, 7) is 4.96. The quantitative estimate of drug-likeness (QED) is 0.829. The summed E-state index contributed by atoms with van der Waals surface area (Å²) in [6.07, 6.45) is 2.61. The first kappa shape index (κ1) is 16.9. The van der Waals surface area contributed by atoms with Gasteiger partial charge in [0.1, 0.15) is 18.0 Å². The zero-order valence-corrected chi connectivity index (χ0v) is 15.3. The molecule has 1 aromatic heterocycles. The number of methoxy groups -OCH3 is 2. The van der Waals surface area contributed by atoms with E-state index in [0.29, 0.717) is 0 Å². The minimum Gasteiger partial charge on any atom is -0.493 e. The molecular formula is C19H24N4O3. The molecule has 7 heteroatoms. The first-order chi connectivity index (χ1) is 12.8. The van der Waals surface area contributed by atoms with Gasteiger partial charge in [-0.15, -0.1) is 0 Å². The fourth-order valence-corrected chi connectivity index (χ4v) is 3.55. The second kappa shape index (κ2) is 7.37. The molecule has 2 aliphatic heterocycles. The summed E-state index contributed by atoms with van der Waals surface area (Å²) in [6, 6.07) is 6.24. The highest BCUT2D eigenvalue weighted by Crippen LogP contribution is 2.34. The smallest absolute Gasteiger partial charge is 0.161 e. The van der Waals surface area contributed by atoms with Gasteiger partial charge in [-0.3, -0.25) is 0 Å². The van der Waals surface area contributed by atoms with E-state index in [1.165, 1.54) is 11.1 Å². The molecule has 1 aromatic carbocycles. The standard InChI is InChI=1S/C19H24N4O3/c1-24-16-9-14-3-4-23(12-15(14)10-17(16)25-2)19-11-18(20-13-21-19)22-5-7-26-8-6-22/h9-11,13H,3-8,12H2,1-2H3. The zero-order valence-electron chi connectivity index (χ0n) is 15.3. The number of ether oxygens (including phenoxy) is 3. The average molecular weight is 356 g/mol. The Kier molecular flexibility index (Phi) is 4.79. The third kappa shape index (κ3) is 3.26. The van der Waals surface area contributed by atoms with Crippen LogP contribution in [0.3, 0.4) is 0 Å². The number of anilines is 2. The van der Waals surface area contributed by atoms with Crippen LogP contribution in [-0.2, 0) is 17.7 Å². The minimum atomic E-state index is 0.748. The van der Waals surface area contributed by atoms with Crippen LogP contribution in [0.5, 0.6) is 11.5 Å². The summed E-state index contributed by atoms with van der Waals surface area (Å²) in [4.78, 5) is 13.5. The van der Waals surface area contributed by atoms with Gasteiger partial charge in [-0.05, 0) is 29.7 Å². The van der Waals surface area contributed by atoms with E-state index in [0.717, 1.165) is 68.9 Å². The van der Waals surface area contributed by atoms with Crippen molar-refractivity contribution in [1.82, 2.24) is 9.97 Å². The van der Waals surface area contributed by atoms with Gasteiger partial charge < -0.3 is 24.0 Å². The van der Waals surface area contributed by atoms with E-state index in [9.17, 15) is 0 Å². The molecule has 1 fully saturated rings. The van der Waals surface area contributed by atoms with Crippen LogP contribution in [0.25, 0.3) is 0 Å². The zero-order chi connectivity index (χ0) is 17.9. The number of nitrogens with zero attached hydrogens (tertiary/aromatic N) is 4. The molecule has 0 unspecified atom stereocenters. The molecule has 2 aliphatic rings. The largest absolute Gasteiger partial charge is 0.493 e. The number of rotatable bonds is 4. The number of fused-ring (bicyclic) bond motifs is 1. The Labute approximate surface area is 153 Å². The molecule has 4 rings (SSSR count). The maximum absolute atomic E-state index is 5.45. The SMILES string of the molecule is COc1cc2c(cc1OC)CN(c1cc(N3CCOCC3)ncn1)CC2. The molecule has 1 saturated heterocycles. The lowest BCUT2D eigenvalue weighted by Gasteiger charge is -2.32. The molecule has 0 N–H and O–H groups in total. The summed E-state index contributed by atoms with van der Waals surface area (Å²) in [5, 5.41) is 0. The van der Waals surface area contributed by atoms with Gasteiger partial charge in [-0.2, -0.15) is 0 Å². The molecule has 2 aromatic rings. The van der Waals surface area contributed by atoms with Gasteiger partial charge in [-0.1, -0.05) is 0 Å². The third-order valence-corrected chi connectivity index (χ3v) is 5.02. The fraction of sp³-hybridized carbons (Fsp3) is 0.474. The van der Waals surface area contributed by atoms with Gasteiger partial charge >= 0.3 is 0 Å². The van der Waals surface area contributed by atoms with Crippen molar-refractivity contribution in [2.75, 3.05) is 56.9 Å². The average Bonchev–Trinajstić information content (AvgIpc) is 2.73. The van der Waals surface area contributed by atoms with E-state index >= 15 is 0 Å². The number of hydrogen-bond acceptors (Lipinski definition) is 7. The minimum absolute atomic E-state index is 0.748. The van der Waals surface area contributed by atoms with Crippen molar-refractivity contribution in [1.29, 1.82) is 0 Å². The van der Waals surface area contributed by atoms with Crippen LogP contribution in [-0.4, -0.2) is 57.0 Å². The molecule has 26 heavy (non-hydrogen) atoms. The number of morpholine rings is 1. The second-order valence-corrected chi connectivity index (χ2v) is 6.48. The summed E-state index contributed by atoms with van der Waals surface area (Å²) >= 11 is 0. The molecule has 3 heterocycles. The van der Waals surface area contributed by atoms with Crippen molar-refractivity contribution < 1.29 is 14.2 Å².